The van der Waals surface area contributed by atoms with Gasteiger partial charge in [-0.1, -0.05) is 0 Å². The highest BCUT2D eigenvalue weighted by molar-refractivity contribution is 7.46. The number of hydrogen-bond acceptors (Lipinski definition) is 6. The Morgan fingerprint density at radius 1 is 1.33 bits per heavy atom. The molecule has 8 nitrogen and oxygen atoms in total. The summed E-state index contributed by atoms with van der Waals surface area (Å²) in [7, 11) is -4.59. The summed E-state index contributed by atoms with van der Waals surface area (Å²) in [6, 6.07) is 0. The van der Waals surface area contributed by atoms with E-state index in [1.807, 2.05) is 0 Å². The van der Waals surface area contributed by atoms with E-state index in [2.05, 4.69) is 4.52 Å². The van der Waals surface area contributed by atoms with Crippen molar-refractivity contribution in [3.63, 3.8) is 0 Å². The van der Waals surface area contributed by atoms with Crippen LogP contribution in [-0.2, 0) is 13.8 Å². The summed E-state index contributed by atoms with van der Waals surface area (Å²) >= 11 is 0. The zero-order chi connectivity index (χ0) is 11.6. The van der Waals surface area contributed by atoms with Gasteiger partial charge in [0.1, 0.15) is 6.10 Å². The monoisotopic (exact) mass is 244 g/mol. The van der Waals surface area contributed by atoms with Crippen molar-refractivity contribution >= 4 is 7.82 Å². The summed E-state index contributed by atoms with van der Waals surface area (Å²) in [5, 5.41) is 27.3. The first kappa shape index (κ1) is 13.0. The van der Waals surface area contributed by atoms with Gasteiger partial charge < -0.3 is 29.8 Å². The number of aliphatic hydroxyl groups is 3. The number of rotatable bonds is 3. The number of hydrogen-bond donors (Lipinski definition) is 5. The summed E-state index contributed by atoms with van der Waals surface area (Å²) in [6.07, 6.45) is -5.15. The Labute approximate surface area is 85.3 Å². The molecule has 0 aromatic carbocycles. The van der Waals surface area contributed by atoms with Gasteiger partial charge in [0.15, 0.2) is 6.29 Å². The minimum atomic E-state index is -4.59. The largest absolute Gasteiger partial charge is 0.469 e. The molecule has 0 saturated carbocycles. The minimum Gasteiger partial charge on any atom is -0.390 e. The van der Waals surface area contributed by atoms with E-state index in [1.165, 1.54) is 0 Å². The predicted octanol–water partition coefficient (Wildman–Crippen LogP) is -2.08. The van der Waals surface area contributed by atoms with Crippen LogP contribution >= 0.6 is 7.82 Å². The van der Waals surface area contributed by atoms with Gasteiger partial charge in [0.25, 0.3) is 0 Å². The molecule has 5 N–H and O–H groups in total. The third-order valence-electron chi connectivity index (χ3n) is 1.95. The maximum absolute atomic E-state index is 10.3. The Balaban J connectivity index is 2.42. The molecular weight excluding hydrogens is 231 g/mol. The van der Waals surface area contributed by atoms with E-state index in [0.29, 0.717) is 0 Å². The zero-order valence-electron chi connectivity index (χ0n) is 7.63. The molecule has 0 radical (unpaired) electrons. The molecule has 0 bridgehead atoms. The van der Waals surface area contributed by atoms with Crippen LogP contribution in [0.25, 0.3) is 0 Å². The summed E-state index contributed by atoms with van der Waals surface area (Å²) in [5.41, 5.74) is 0. The topological polar surface area (TPSA) is 137 Å². The predicted molar refractivity (Wildman–Crippen MR) is 45.5 cm³/mol. The normalized spacial score (nSPS) is 37.9. The van der Waals surface area contributed by atoms with Gasteiger partial charge in [-0.15, -0.1) is 0 Å². The van der Waals surface area contributed by atoms with Gasteiger partial charge >= 0.3 is 7.82 Å². The van der Waals surface area contributed by atoms with Crippen molar-refractivity contribution < 1.29 is 38.9 Å². The molecule has 0 spiro atoms. The maximum atomic E-state index is 10.3. The van der Waals surface area contributed by atoms with Crippen molar-refractivity contribution in [2.75, 3.05) is 6.61 Å². The second-order valence-electron chi connectivity index (χ2n) is 3.23. The molecular formula is C6H13O8P. The third kappa shape index (κ3) is 4.13. The van der Waals surface area contributed by atoms with E-state index < -0.39 is 39.0 Å². The highest BCUT2D eigenvalue weighted by Crippen LogP contribution is 2.36. The fourth-order valence-electron chi connectivity index (χ4n) is 1.22. The number of aliphatic hydroxyl groups excluding tert-OH is 3. The van der Waals surface area contributed by atoms with Crippen LogP contribution in [-0.4, -0.2) is 56.3 Å². The third-order valence-corrected chi connectivity index (χ3v) is 2.44. The minimum absolute atomic E-state index is 0.0712. The SMILES string of the molecule is O=P(O)(O)OC[C@@H]1C[C@H](O)[C@@H](O)C(O)O1. The average Bonchev–Trinajstić information content (AvgIpc) is 2.09. The van der Waals surface area contributed by atoms with Gasteiger partial charge in [-0.25, -0.2) is 4.57 Å². The Hall–Kier alpha value is -0.0500. The van der Waals surface area contributed by atoms with E-state index in [1.54, 1.807) is 0 Å². The lowest BCUT2D eigenvalue weighted by Crippen LogP contribution is -2.49. The van der Waals surface area contributed by atoms with E-state index in [9.17, 15) is 9.67 Å². The fourth-order valence-corrected chi connectivity index (χ4v) is 1.58. The highest BCUT2D eigenvalue weighted by Gasteiger charge is 2.36. The van der Waals surface area contributed by atoms with Crippen LogP contribution in [0.1, 0.15) is 6.42 Å². The average molecular weight is 244 g/mol. The summed E-state index contributed by atoms with van der Waals surface area (Å²) in [5.74, 6) is 0. The standard InChI is InChI=1S/C6H13O8P/c7-4-1-3(2-13-15(10,11)12)14-6(9)5(4)8/h3-9H,1-2H2,(H2,10,11,12)/t3-,4-,5+,6?/m0/s1. The first-order valence-corrected chi connectivity index (χ1v) is 5.72. The van der Waals surface area contributed by atoms with Crippen molar-refractivity contribution in [2.45, 2.75) is 31.0 Å². The molecule has 1 heterocycles. The van der Waals surface area contributed by atoms with Gasteiger partial charge in [0, 0.05) is 6.42 Å². The second-order valence-corrected chi connectivity index (χ2v) is 4.47. The smallest absolute Gasteiger partial charge is 0.390 e. The molecule has 4 atom stereocenters. The Morgan fingerprint density at radius 3 is 2.40 bits per heavy atom. The quantitative estimate of drug-likeness (QED) is 0.357. The lowest BCUT2D eigenvalue weighted by atomic mass is 10.0. The van der Waals surface area contributed by atoms with Crippen LogP contribution in [0, 0.1) is 0 Å². The van der Waals surface area contributed by atoms with Crippen molar-refractivity contribution in [1.82, 2.24) is 0 Å². The van der Waals surface area contributed by atoms with Crippen LogP contribution in [0.2, 0.25) is 0 Å². The number of phosphoric ester groups is 1. The van der Waals surface area contributed by atoms with Crippen molar-refractivity contribution in [3.8, 4) is 0 Å². The first-order valence-electron chi connectivity index (χ1n) is 4.19. The van der Waals surface area contributed by atoms with E-state index in [0.717, 1.165) is 0 Å². The molecule has 15 heavy (non-hydrogen) atoms. The lowest BCUT2D eigenvalue weighted by molar-refractivity contribution is -0.251. The Bertz CT molecular complexity index is 240. The van der Waals surface area contributed by atoms with E-state index in [4.69, 9.17) is 24.7 Å². The fraction of sp³-hybridized carbons (Fsp3) is 1.00. The molecule has 0 aromatic heterocycles. The van der Waals surface area contributed by atoms with Gasteiger partial charge in [0.2, 0.25) is 0 Å². The Morgan fingerprint density at radius 2 is 1.93 bits per heavy atom. The maximum Gasteiger partial charge on any atom is 0.469 e. The van der Waals surface area contributed by atoms with Crippen LogP contribution in [0.15, 0.2) is 0 Å². The van der Waals surface area contributed by atoms with Gasteiger partial charge in [-0.2, -0.15) is 0 Å². The lowest BCUT2D eigenvalue weighted by Gasteiger charge is -2.34. The summed E-state index contributed by atoms with van der Waals surface area (Å²) < 4.78 is 19.2. The zero-order valence-corrected chi connectivity index (χ0v) is 8.53. The number of phosphoric acid groups is 1. The Kier molecular flexibility index (Phi) is 4.21. The van der Waals surface area contributed by atoms with Crippen LogP contribution < -0.4 is 0 Å². The van der Waals surface area contributed by atoms with Crippen molar-refractivity contribution in [1.29, 1.82) is 0 Å². The van der Waals surface area contributed by atoms with E-state index in [-0.39, 0.29) is 6.42 Å². The first-order chi connectivity index (χ1) is 6.79. The van der Waals surface area contributed by atoms with Crippen molar-refractivity contribution in [3.05, 3.63) is 0 Å². The molecule has 0 aliphatic carbocycles. The number of ether oxygens (including phenoxy) is 1. The molecule has 1 fully saturated rings. The second kappa shape index (κ2) is 4.86. The molecule has 1 rings (SSSR count). The van der Waals surface area contributed by atoms with Gasteiger partial charge in [-0.05, 0) is 0 Å². The summed E-state index contributed by atoms with van der Waals surface area (Å²) in [6.45, 7) is -0.467. The highest BCUT2D eigenvalue weighted by atomic mass is 31.2. The molecule has 1 saturated heterocycles. The molecule has 1 aliphatic heterocycles. The van der Waals surface area contributed by atoms with E-state index >= 15 is 0 Å². The van der Waals surface area contributed by atoms with Gasteiger partial charge in [0.05, 0.1) is 18.8 Å². The summed E-state index contributed by atoms with van der Waals surface area (Å²) in [4.78, 5) is 16.8. The molecule has 0 amide bonds. The van der Waals surface area contributed by atoms with Crippen LogP contribution in [0.3, 0.4) is 0 Å². The van der Waals surface area contributed by atoms with Crippen molar-refractivity contribution in [2.24, 2.45) is 0 Å². The van der Waals surface area contributed by atoms with Crippen LogP contribution in [0.4, 0.5) is 0 Å². The molecule has 0 aromatic rings. The molecule has 90 valence electrons. The molecule has 9 heteroatoms. The molecule has 1 aliphatic rings. The van der Waals surface area contributed by atoms with Gasteiger partial charge in [-0.3, -0.25) is 4.52 Å². The molecule has 1 unspecified atom stereocenters. The van der Waals surface area contributed by atoms with Crippen LogP contribution in [0.5, 0.6) is 0 Å².